The summed E-state index contributed by atoms with van der Waals surface area (Å²) < 4.78 is 61.9. The lowest BCUT2D eigenvalue weighted by Crippen LogP contribution is -2.14. The van der Waals surface area contributed by atoms with E-state index in [9.17, 15) is 21.6 Å². The highest BCUT2D eigenvalue weighted by Gasteiger charge is 2.34. The summed E-state index contributed by atoms with van der Waals surface area (Å²) in [4.78, 5) is -0.336. The van der Waals surface area contributed by atoms with Crippen molar-refractivity contribution < 1.29 is 21.6 Å². The average Bonchev–Trinajstić information content (AvgIpc) is 2.37. The molecule has 0 atom stereocenters. The number of halogens is 3. The van der Waals surface area contributed by atoms with Gasteiger partial charge >= 0.3 is 6.18 Å². The number of primary sulfonamides is 1. The maximum atomic E-state index is 13.0. The maximum absolute atomic E-state index is 13.0. The molecule has 2 rings (SSSR count). The summed E-state index contributed by atoms with van der Waals surface area (Å²) in [7, 11) is -4.11. The van der Waals surface area contributed by atoms with Crippen molar-refractivity contribution in [2.24, 2.45) is 5.14 Å². The fourth-order valence-electron chi connectivity index (χ4n) is 1.90. The van der Waals surface area contributed by atoms with E-state index >= 15 is 0 Å². The van der Waals surface area contributed by atoms with Crippen molar-refractivity contribution in [3.63, 3.8) is 0 Å². The molecule has 2 aromatic rings. The van der Waals surface area contributed by atoms with E-state index in [-0.39, 0.29) is 16.0 Å². The molecule has 0 unspecified atom stereocenters. The molecule has 2 aromatic carbocycles. The number of nitrogens with two attached hydrogens (primary N) is 1. The minimum atomic E-state index is -4.58. The summed E-state index contributed by atoms with van der Waals surface area (Å²) >= 11 is 0. The number of hydrogen-bond acceptors (Lipinski definition) is 2. The summed E-state index contributed by atoms with van der Waals surface area (Å²) in [6, 6.07) is 10.1. The van der Waals surface area contributed by atoms with Crippen LogP contribution in [0.2, 0.25) is 0 Å². The van der Waals surface area contributed by atoms with Gasteiger partial charge in [-0.15, -0.1) is 0 Å². The Kier molecular flexibility index (Phi) is 3.58. The number of benzene rings is 2. The molecule has 0 aromatic heterocycles. The van der Waals surface area contributed by atoms with Crippen molar-refractivity contribution in [3.05, 3.63) is 54.1 Å². The Morgan fingerprint density at radius 3 is 1.90 bits per heavy atom. The molecule has 0 saturated heterocycles. The molecule has 106 valence electrons. The molecule has 0 aliphatic rings. The number of hydrogen-bond donors (Lipinski definition) is 1. The first kappa shape index (κ1) is 14.5. The third kappa shape index (κ3) is 2.83. The number of rotatable bonds is 2. The van der Waals surface area contributed by atoms with Gasteiger partial charge in [-0.25, -0.2) is 13.6 Å². The van der Waals surface area contributed by atoms with E-state index in [0.717, 1.165) is 6.07 Å². The zero-order valence-corrected chi connectivity index (χ0v) is 10.9. The third-order valence-electron chi connectivity index (χ3n) is 2.72. The Bertz CT molecular complexity index is 739. The molecule has 0 saturated carbocycles. The van der Waals surface area contributed by atoms with Crippen LogP contribution < -0.4 is 5.14 Å². The van der Waals surface area contributed by atoms with Crippen LogP contribution in [0.5, 0.6) is 0 Å². The minimum absolute atomic E-state index is 0.0667. The van der Waals surface area contributed by atoms with Gasteiger partial charge in [0.05, 0.1) is 10.5 Å². The van der Waals surface area contributed by atoms with Gasteiger partial charge in [0.25, 0.3) is 0 Å². The van der Waals surface area contributed by atoms with Gasteiger partial charge < -0.3 is 0 Å². The van der Waals surface area contributed by atoms with E-state index in [2.05, 4.69) is 0 Å². The predicted octanol–water partition coefficient (Wildman–Crippen LogP) is 3.02. The molecule has 0 aliphatic carbocycles. The second kappa shape index (κ2) is 4.92. The Morgan fingerprint density at radius 1 is 0.850 bits per heavy atom. The fourth-order valence-corrected chi connectivity index (χ4v) is 2.66. The van der Waals surface area contributed by atoms with E-state index in [0.29, 0.717) is 0 Å². The lowest BCUT2D eigenvalue weighted by Gasteiger charge is -2.14. The van der Waals surface area contributed by atoms with Crippen molar-refractivity contribution in [3.8, 4) is 11.1 Å². The summed E-state index contributed by atoms with van der Waals surface area (Å²) in [5.41, 5.74) is -1.19. The first-order valence-electron chi connectivity index (χ1n) is 5.49. The maximum Gasteiger partial charge on any atom is 0.417 e. The highest BCUT2D eigenvalue weighted by atomic mass is 32.2. The van der Waals surface area contributed by atoms with Gasteiger partial charge in [-0.05, 0) is 17.7 Å². The monoisotopic (exact) mass is 301 g/mol. The van der Waals surface area contributed by atoms with Crippen LogP contribution in [0.1, 0.15) is 5.56 Å². The van der Waals surface area contributed by atoms with Crippen LogP contribution in [-0.4, -0.2) is 8.42 Å². The Hall–Kier alpha value is -1.86. The topological polar surface area (TPSA) is 60.2 Å². The lowest BCUT2D eigenvalue weighted by molar-refractivity contribution is -0.137. The summed E-state index contributed by atoms with van der Waals surface area (Å²) in [5.74, 6) is 0. The molecule has 0 heterocycles. The molecule has 0 spiro atoms. The van der Waals surface area contributed by atoms with Crippen molar-refractivity contribution in [1.29, 1.82) is 0 Å². The van der Waals surface area contributed by atoms with E-state index in [4.69, 9.17) is 5.14 Å². The molecule has 0 amide bonds. The van der Waals surface area contributed by atoms with Crippen LogP contribution in [0.25, 0.3) is 11.1 Å². The smallest absolute Gasteiger partial charge is 0.225 e. The normalized spacial score (nSPS) is 12.4. The van der Waals surface area contributed by atoms with Crippen LogP contribution in [-0.2, 0) is 16.2 Å². The number of sulfonamides is 1. The molecular formula is C13H10F3NO2S. The van der Waals surface area contributed by atoms with Crippen LogP contribution in [0, 0.1) is 0 Å². The molecule has 0 aliphatic heterocycles. The van der Waals surface area contributed by atoms with Gasteiger partial charge in [0.15, 0.2) is 0 Å². The van der Waals surface area contributed by atoms with Gasteiger partial charge in [0, 0.05) is 5.56 Å². The van der Waals surface area contributed by atoms with Crippen molar-refractivity contribution in [2.75, 3.05) is 0 Å². The van der Waals surface area contributed by atoms with Crippen molar-refractivity contribution in [2.45, 2.75) is 11.1 Å². The molecule has 0 radical (unpaired) electrons. The van der Waals surface area contributed by atoms with E-state index < -0.39 is 21.8 Å². The summed E-state index contributed by atoms with van der Waals surface area (Å²) in [5, 5.41) is 5.05. The summed E-state index contributed by atoms with van der Waals surface area (Å²) in [6.07, 6.45) is -4.58. The fraction of sp³-hybridized carbons (Fsp3) is 0.0769. The quantitative estimate of drug-likeness (QED) is 0.927. The Morgan fingerprint density at radius 2 is 1.35 bits per heavy atom. The Balaban J connectivity index is 2.78. The van der Waals surface area contributed by atoms with Gasteiger partial charge in [0.2, 0.25) is 10.0 Å². The van der Waals surface area contributed by atoms with Gasteiger partial charge in [0.1, 0.15) is 0 Å². The molecule has 7 heteroatoms. The van der Waals surface area contributed by atoms with Crippen molar-refractivity contribution >= 4 is 10.0 Å². The molecule has 20 heavy (non-hydrogen) atoms. The highest BCUT2D eigenvalue weighted by molar-refractivity contribution is 7.89. The molecule has 0 fully saturated rings. The van der Waals surface area contributed by atoms with Crippen LogP contribution in [0.3, 0.4) is 0 Å². The second-order valence-corrected chi connectivity index (χ2v) is 5.61. The van der Waals surface area contributed by atoms with E-state index in [1.165, 1.54) is 42.5 Å². The van der Waals surface area contributed by atoms with Crippen LogP contribution >= 0.6 is 0 Å². The van der Waals surface area contributed by atoms with E-state index in [1.54, 1.807) is 0 Å². The third-order valence-corrected chi connectivity index (χ3v) is 3.69. The zero-order chi connectivity index (χ0) is 15.0. The molecule has 2 N–H and O–H groups in total. The van der Waals surface area contributed by atoms with Crippen LogP contribution in [0.4, 0.5) is 13.2 Å². The SMILES string of the molecule is NS(=O)(=O)c1ccccc1-c1ccccc1C(F)(F)F. The first-order chi connectivity index (χ1) is 9.21. The van der Waals surface area contributed by atoms with Gasteiger partial charge in [-0.2, -0.15) is 13.2 Å². The zero-order valence-electron chi connectivity index (χ0n) is 10.1. The van der Waals surface area contributed by atoms with Crippen molar-refractivity contribution in [1.82, 2.24) is 0 Å². The highest BCUT2D eigenvalue weighted by Crippen LogP contribution is 2.38. The van der Waals surface area contributed by atoms with Gasteiger partial charge in [-0.1, -0.05) is 36.4 Å². The molecule has 0 bridgehead atoms. The van der Waals surface area contributed by atoms with Crippen LogP contribution in [0.15, 0.2) is 53.4 Å². The summed E-state index contributed by atoms with van der Waals surface area (Å²) in [6.45, 7) is 0. The van der Waals surface area contributed by atoms with Gasteiger partial charge in [-0.3, -0.25) is 0 Å². The predicted molar refractivity (Wildman–Crippen MR) is 68.3 cm³/mol. The second-order valence-electron chi connectivity index (χ2n) is 4.08. The Labute approximate surface area is 113 Å². The standard InChI is InChI=1S/C13H10F3NO2S/c14-13(15,16)11-7-3-1-5-9(11)10-6-2-4-8-12(10)20(17,18)19/h1-8H,(H2,17,18,19). The average molecular weight is 301 g/mol. The largest absolute Gasteiger partial charge is 0.417 e. The number of alkyl halides is 3. The lowest BCUT2D eigenvalue weighted by atomic mass is 9.99. The first-order valence-corrected chi connectivity index (χ1v) is 7.04. The minimum Gasteiger partial charge on any atom is -0.225 e. The molecular weight excluding hydrogens is 291 g/mol. The van der Waals surface area contributed by atoms with E-state index in [1.807, 2.05) is 0 Å². The molecule has 3 nitrogen and oxygen atoms in total.